The van der Waals surface area contributed by atoms with E-state index in [1.165, 1.54) is 0 Å². The molecule has 7 heteroatoms. The lowest BCUT2D eigenvalue weighted by molar-refractivity contribution is -0.135. The minimum Gasteiger partial charge on any atom is -0.497 e. The molecule has 2 atom stereocenters. The van der Waals surface area contributed by atoms with Crippen molar-refractivity contribution in [3.8, 4) is 23.0 Å². The summed E-state index contributed by atoms with van der Waals surface area (Å²) in [6, 6.07) is 19.7. The molecule has 1 fully saturated rings. The topological polar surface area (TPSA) is 57.2 Å². The molecule has 0 aliphatic carbocycles. The van der Waals surface area contributed by atoms with Crippen molar-refractivity contribution >= 4 is 23.2 Å². The van der Waals surface area contributed by atoms with Gasteiger partial charge >= 0.3 is 0 Å². The predicted molar refractivity (Wildman–Crippen MR) is 112 cm³/mol. The van der Waals surface area contributed by atoms with E-state index in [4.69, 9.17) is 30.5 Å². The molecule has 5 rings (SSSR count). The first kappa shape index (κ1) is 18.6. The van der Waals surface area contributed by atoms with Crippen LogP contribution in [0.4, 0.5) is 5.69 Å². The van der Waals surface area contributed by atoms with Crippen LogP contribution in [0.15, 0.2) is 66.7 Å². The number of hydrogen-bond donors (Lipinski definition) is 0. The van der Waals surface area contributed by atoms with Gasteiger partial charge in [0.05, 0.1) is 7.11 Å². The standard InChI is InChI=1S/C23H18ClNO5/c1-27-17-6-8-18(9-7-17)30-22-21(14-5-10-19-20(11-14)29-13-28-19)25(23(22)26)16-4-2-3-15(24)12-16/h2-12,21-22H,13H2,1H3. The minimum absolute atomic E-state index is 0.143. The van der Waals surface area contributed by atoms with Crippen molar-refractivity contribution in [1.29, 1.82) is 0 Å². The molecule has 0 aromatic heterocycles. The second-order valence-corrected chi connectivity index (χ2v) is 7.40. The fourth-order valence-corrected chi connectivity index (χ4v) is 3.90. The van der Waals surface area contributed by atoms with E-state index in [2.05, 4.69) is 0 Å². The molecular formula is C23H18ClNO5. The molecule has 1 amide bonds. The Balaban J connectivity index is 1.50. The molecule has 0 saturated carbocycles. The third-order valence-corrected chi connectivity index (χ3v) is 5.43. The Kier molecular flexibility index (Phi) is 4.64. The number of anilines is 1. The van der Waals surface area contributed by atoms with Gasteiger partial charge in [-0.25, -0.2) is 0 Å². The summed E-state index contributed by atoms with van der Waals surface area (Å²) >= 11 is 6.17. The van der Waals surface area contributed by atoms with Crippen LogP contribution in [0, 0.1) is 0 Å². The van der Waals surface area contributed by atoms with Crippen LogP contribution in [0.3, 0.4) is 0 Å². The lowest BCUT2D eigenvalue weighted by atomic mass is 9.89. The molecule has 1 saturated heterocycles. The number of nitrogens with zero attached hydrogens (tertiary/aromatic N) is 1. The zero-order valence-corrected chi connectivity index (χ0v) is 16.8. The smallest absolute Gasteiger partial charge is 0.271 e. The first-order valence-electron chi connectivity index (χ1n) is 9.43. The number of hydrogen-bond acceptors (Lipinski definition) is 5. The van der Waals surface area contributed by atoms with Gasteiger partial charge in [-0.05, 0) is 60.2 Å². The Labute approximate surface area is 178 Å². The number of amides is 1. The number of ether oxygens (including phenoxy) is 4. The van der Waals surface area contributed by atoms with Crippen molar-refractivity contribution in [3.05, 3.63) is 77.3 Å². The highest BCUT2D eigenvalue weighted by Crippen LogP contribution is 2.44. The highest BCUT2D eigenvalue weighted by Gasteiger charge is 2.51. The van der Waals surface area contributed by atoms with E-state index in [1.54, 1.807) is 48.4 Å². The molecule has 0 spiro atoms. The van der Waals surface area contributed by atoms with E-state index in [0.717, 1.165) is 11.3 Å². The largest absolute Gasteiger partial charge is 0.497 e. The first-order valence-corrected chi connectivity index (χ1v) is 9.81. The number of halogens is 1. The fourth-order valence-electron chi connectivity index (χ4n) is 3.71. The molecule has 2 heterocycles. The van der Waals surface area contributed by atoms with Crippen molar-refractivity contribution in [2.45, 2.75) is 12.1 Å². The maximum atomic E-state index is 13.1. The minimum atomic E-state index is -0.683. The van der Waals surface area contributed by atoms with Crippen LogP contribution in [-0.4, -0.2) is 25.9 Å². The van der Waals surface area contributed by atoms with Crippen LogP contribution >= 0.6 is 11.6 Å². The Morgan fingerprint density at radius 3 is 2.50 bits per heavy atom. The second kappa shape index (κ2) is 7.46. The van der Waals surface area contributed by atoms with Crippen LogP contribution in [0.25, 0.3) is 0 Å². The number of fused-ring (bicyclic) bond motifs is 1. The Morgan fingerprint density at radius 1 is 0.967 bits per heavy atom. The lowest BCUT2D eigenvalue weighted by Crippen LogP contribution is -2.61. The zero-order chi connectivity index (χ0) is 20.7. The van der Waals surface area contributed by atoms with Crippen molar-refractivity contribution < 1.29 is 23.7 Å². The van der Waals surface area contributed by atoms with Crippen molar-refractivity contribution in [3.63, 3.8) is 0 Å². The highest BCUT2D eigenvalue weighted by atomic mass is 35.5. The van der Waals surface area contributed by atoms with Gasteiger partial charge < -0.3 is 18.9 Å². The number of carbonyl (C=O) groups excluding carboxylic acids is 1. The van der Waals surface area contributed by atoms with E-state index >= 15 is 0 Å². The van der Waals surface area contributed by atoms with Crippen molar-refractivity contribution in [2.75, 3.05) is 18.8 Å². The van der Waals surface area contributed by atoms with Gasteiger partial charge in [0.15, 0.2) is 11.5 Å². The normalized spacial score (nSPS) is 19.4. The molecule has 0 N–H and O–H groups in total. The molecule has 2 unspecified atom stereocenters. The van der Waals surface area contributed by atoms with Gasteiger partial charge in [-0.2, -0.15) is 0 Å². The zero-order valence-electron chi connectivity index (χ0n) is 16.1. The third kappa shape index (κ3) is 3.19. The van der Waals surface area contributed by atoms with Gasteiger partial charge in [-0.15, -0.1) is 0 Å². The summed E-state index contributed by atoms with van der Waals surface area (Å²) in [5.41, 5.74) is 1.60. The van der Waals surface area contributed by atoms with E-state index in [1.807, 2.05) is 30.3 Å². The summed E-state index contributed by atoms with van der Waals surface area (Å²) in [4.78, 5) is 14.8. The molecule has 2 aliphatic heterocycles. The molecule has 2 aliphatic rings. The summed E-state index contributed by atoms with van der Waals surface area (Å²) in [7, 11) is 1.60. The van der Waals surface area contributed by atoms with E-state index in [9.17, 15) is 4.79 Å². The molecule has 3 aromatic carbocycles. The molecule has 0 radical (unpaired) electrons. The molecule has 0 bridgehead atoms. The van der Waals surface area contributed by atoms with Gasteiger partial charge in [-0.3, -0.25) is 9.69 Å². The van der Waals surface area contributed by atoms with E-state index in [-0.39, 0.29) is 18.7 Å². The fraction of sp³-hybridized carbons (Fsp3) is 0.174. The van der Waals surface area contributed by atoms with Gasteiger partial charge in [0.25, 0.3) is 5.91 Å². The maximum Gasteiger partial charge on any atom is 0.271 e. The average Bonchev–Trinajstić information content (AvgIpc) is 3.23. The van der Waals surface area contributed by atoms with Gasteiger partial charge in [0.2, 0.25) is 12.9 Å². The summed E-state index contributed by atoms with van der Waals surface area (Å²) in [6.45, 7) is 0.187. The van der Waals surface area contributed by atoms with Crippen molar-refractivity contribution in [2.24, 2.45) is 0 Å². The molecule has 30 heavy (non-hydrogen) atoms. The molecule has 3 aromatic rings. The predicted octanol–water partition coefficient (Wildman–Crippen LogP) is 4.61. The highest BCUT2D eigenvalue weighted by molar-refractivity contribution is 6.31. The van der Waals surface area contributed by atoms with E-state index in [0.29, 0.717) is 28.0 Å². The Hall–Kier alpha value is -3.38. The van der Waals surface area contributed by atoms with Crippen LogP contribution < -0.4 is 23.8 Å². The van der Waals surface area contributed by atoms with Crippen LogP contribution in [-0.2, 0) is 4.79 Å². The summed E-state index contributed by atoms with van der Waals surface area (Å²) in [6.07, 6.45) is -0.683. The first-order chi connectivity index (χ1) is 14.6. The van der Waals surface area contributed by atoms with Crippen LogP contribution in [0.2, 0.25) is 5.02 Å². The Morgan fingerprint density at radius 2 is 1.73 bits per heavy atom. The van der Waals surface area contributed by atoms with Crippen LogP contribution in [0.5, 0.6) is 23.0 Å². The number of rotatable bonds is 5. The average molecular weight is 424 g/mol. The van der Waals surface area contributed by atoms with Gasteiger partial charge in [0, 0.05) is 10.7 Å². The van der Waals surface area contributed by atoms with Crippen molar-refractivity contribution in [1.82, 2.24) is 0 Å². The third-order valence-electron chi connectivity index (χ3n) is 5.19. The monoisotopic (exact) mass is 423 g/mol. The number of carbonyl (C=O) groups is 1. The molecular weight excluding hydrogens is 406 g/mol. The summed E-state index contributed by atoms with van der Waals surface area (Å²) < 4.78 is 22.2. The number of β-lactam (4-membered cyclic amide) rings is 1. The quantitative estimate of drug-likeness (QED) is 0.561. The Bertz CT molecular complexity index is 1100. The van der Waals surface area contributed by atoms with Gasteiger partial charge in [0.1, 0.15) is 17.5 Å². The van der Waals surface area contributed by atoms with Crippen LogP contribution in [0.1, 0.15) is 11.6 Å². The number of methoxy groups -OCH3 is 1. The maximum absolute atomic E-state index is 13.1. The summed E-state index contributed by atoms with van der Waals surface area (Å²) in [5.74, 6) is 2.50. The number of benzene rings is 3. The molecule has 152 valence electrons. The molecule has 6 nitrogen and oxygen atoms in total. The second-order valence-electron chi connectivity index (χ2n) is 6.96. The SMILES string of the molecule is COc1ccc(OC2C(=O)N(c3cccc(Cl)c3)C2c2ccc3c(c2)OCO3)cc1. The lowest BCUT2D eigenvalue weighted by Gasteiger charge is -2.46. The summed E-state index contributed by atoms with van der Waals surface area (Å²) in [5, 5.41) is 0.559. The van der Waals surface area contributed by atoms with E-state index < -0.39 is 6.10 Å². The van der Waals surface area contributed by atoms with Gasteiger partial charge in [-0.1, -0.05) is 23.7 Å².